The number of carboxylic acids is 1. The molecule has 5 nitrogen and oxygen atoms in total. The van der Waals surface area contributed by atoms with E-state index in [0.717, 1.165) is 44.3 Å². The van der Waals surface area contributed by atoms with E-state index in [4.69, 9.17) is 4.52 Å². The van der Waals surface area contributed by atoms with Crippen LogP contribution in [0, 0.1) is 44.8 Å². The molecule has 0 radical (unpaired) electrons. The monoisotopic (exact) mass is 493 g/mol. The van der Waals surface area contributed by atoms with Gasteiger partial charge in [0.25, 0.3) is 0 Å². The third-order valence-corrected chi connectivity index (χ3v) is 12.8. The van der Waals surface area contributed by atoms with E-state index in [-0.39, 0.29) is 44.7 Å². The second-order valence-corrected chi connectivity index (χ2v) is 15.2. The van der Waals surface area contributed by atoms with E-state index in [2.05, 4.69) is 53.6 Å². The van der Waals surface area contributed by atoms with Crippen molar-refractivity contribution >= 4 is 11.8 Å². The lowest BCUT2D eigenvalue weighted by Gasteiger charge is -2.69. The number of aromatic nitrogens is 1. The van der Waals surface area contributed by atoms with Gasteiger partial charge in [0, 0.05) is 16.9 Å². The molecule has 0 bridgehead atoms. The standard InChI is InChI=1S/C31H43NO4/c1-26(2)10-12-31(25(34)35)13-11-30(7)23(19(31)16-26)20(33)14-22-28(5)15-18-17-32-36-24(18)27(3,4)21(28)8-9-29(22,30)6/h14,17,19,21,23H,8-13,15-16H2,1-7H3,(H,34,35)/t19?,21?,23?,28-,29+,30+,31-/m0/s1. The third-order valence-electron chi connectivity index (χ3n) is 12.8. The molecule has 1 heterocycles. The van der Waals surface area contributed by atoms with Crippen molar-refractivity contribution in [2.45, 2.75) is 105 Å². The number of ketones is 1. The molecule has 196 valence electrons. The lowest BCUT2D eigenvalue weighted by atomic mass is 9.34. The summed E-state index contributed by atoms with van der Waals surface area (Å²) < 4.78 is 5.77. The van der Waals surface area contributed by atoms with Crippen LogP contribution in [0.5, 0.6) is 0 Å². The van der Waals surface area contributed by atoms with E-state index in [9.17, 15) is 14.7 Å². The maximum Gasteiger partial charge on any atom is 0.309 e. The van der Waals surface area contributed by atoms with Gasteiger partial charge in [-0.3, -0.25) is 9.59 Å². The van der Waals surface area contributed by atoms with Crippen LogP contribution in [0.25, 0.3) is 0 Å². The molecule has 1 N–H and O–H groups in total. The first kappa shape index (κ1) is 24.4. The van der Waals surface area contributed by atoms with Crippen molar-refractivity contribution in [1.29, 1.82) is 0 Å². The molecule has 1 aromatic heterocycles. The number of rotatable bonds is 1. The molecule has 6 rings (SSSR count). The van der Waals surface area contributed by atoms with Crippen LogP contribution in [0.4, 0.5) is 0 Å². The fourth-order valence-corrected chi connectivity index (χ4v) is 10.7. The summed E-state index contributed by atoms with van der Waals surface area (Å²) in [6.07, 6.45) is 10.8. The maximum absolute atomic E-state index is 14.3. The fourth-order valence-electron chi connectivity index (χ4n) is 10.7. The molecule has 3 fully saturated rings. The van der Waals surface area contributed by atoms with Crippen molar-refractivity contribution in [3.05, 3.63) is 29.2 Å². The number of carbonyl (C=O) groups is 2. The Morgan fingerprint density at radius 3 is 2.42 bits per heavy atom. The smallest absolute Gasteiger partial charge is 0.309 e. The summed E-state index contributed by atoms with van der Waals surface area (Å²) in [5.41, 5.74) is 1.12. The summed E-state index contributed by atoms with van der Waals surface area (Å²) in [6.45, 7) is 16.2. The van der Waals surface area contributed by atoms with Crippen molar-refractivity contribution in [2.24, 2.45) is 44.8 Å². The highest BCUT2D eigenvalue weighted by Crippen LogP contribution is 2.74. The first-order valence-electron chi connectivity index (χ1n) is 14.1. The van der Waals surface area contributed by atoms with Gasteiger partial charge in [-0.25, -0.2) is 0 Å². The van der Waals surface area contributed by atoms with Crippen LogP contribution in [0.3, 0.4) is 0 Å². The second kappa shape index (κ2) is 6.94. The van der Waals surface area contributed by atoms with E-state index in [1.807, 2.05) is 12.3 Å². The Morgan fingerprint density at radius 1 is 1.03 bits per heavy atom. The molecular formula is C31H43NO4. The lowest BCUT2D eigenvalue weighted by Crippen LogP contribution is -2.66. The molecule has 1 aromatic rings. The Labute approximate surface area is 215 Å². The van der Waals surface area contributed by atoms with Crippen LogP contribution in [0.15, 0.2) is 22.4 Å². The molecule has 0 saturated heterocycles. The second-order valence-electron chi connectivity index (χ2n) is 15.2. The molecule has 0 amide bonds. The number of carbonyl (C=O) groups excluding carboxylic acids is 1. The van der Waals surface area contributed by atoms with E-state index >= 15 is 0 Å². The molecule has 5 aliphatic carbocycles. The largest absolute Gasteiger partial charge is 0.481 e. The SMILES string of the molecule is CC1(C)CC[C@]2(C(=O)O)CC[C@]3(C)C(C(=O)C=C4[C@@]5(C)Cc6cnoc6C(C)(C)C5CC[C@]43C)C2C1. The minimum atomic E-state index is -0.762. The number of hydrogen-bond acceptors (Lipinski definition) is 4. The lowest BCUT2D eigenvalue weighted by molar-refractivity contribution is -0.189. The van der Waals surface area contributed by atoms with Crippen molar-refractivity contribution in [3.8, 4) is 0 Å². The summed E-state index contributed by atoms with van der Waals surface area (Å²) in [7, 11) is 0. The predicted molar refractivity (Wildman–Crippen MR) is 137 cm³/mol. The average Bonchev–Trinajstić information content (AvgIpc) is 3.23. The quantitative estimate of drug-likeness (QED) is 0.468. The number of nitrogens with zero attached hydrogens (tertiary/aromatic N) is 1. The average molecular weight is 494 g/mol. The maximum atomic E-state index is 14.3. The Balaban J connectivity index is 1.51. The van der Waals surface area contributed by atoms with Gasteiger partial charge in [-0.15, -0.1) is 0 Å². The molecule has 5 aliphatic rings. The van der Waals surface area contributed by atoms with Crippen LogP contribution in [-0.4, -0.2) is 22.0 Å². The van der Waals surface area contributed by atoms with Gasteiger partial charge in [-0.05, 0) is 90.9 Å². The minimum absolute atomic E-state index is 0.0642. The summed E-state index contributed by atoms with van der Waals surface area (Å²) in [5.74, 6) is 0.564. The topological polar surface area (TPSA) is 80.4 Å². The van der Waals surface area contributed by atoms with Crippen LogP contribution < -0.4 is 0 Å². The Kier molecular flexibility index (Phi) is 4.71. The molecular weight excluding hydrogens is 450 g/mol. The number of carboxylic acid groups (broad SMARTS) is 1. The van der Waals surface area contributed by atoms with Gasteiger partial charge in [0.2, 0.25) is 0 Å². The first-order valence-corrected chi connectivity index (χ1v) is 14.1. The minimum Gasteiger partial charge on any atom is -0.481 e. The number of fused-ring (bicyclic) bond motifs is 8. The summed E-state index contributed by atoms with van der Waals surface area (Å²) >= 11 is 0. The zero-order chi connectivity index (χ0) is 26.1. The zero-order valence-electron chi connectivity index (χ0n) is 23.2. The van der Waals surface area contributed by atoms with Gasteiger partial charge < -0.3 is 9.63 Å². The van der Waals surface area contributed by atoms with Crippen molar-refractivity contribution in [2.75, 3.05) is 0 Å². The van der Waals surface area contributed by atoms with Gasteiger partial charge in [0.05, 0.1) is 11.6 Å². The van der Waals surface area contributed by atoms with Crippen molar-refractivity contribution < 1.29 is 19.2 Å². The van der Waals surface area contributed by atoms with Crippen LogP contribution >= 0.6 is 0 Å². The molecule has 3 unspecified atom stereocenters. The zero-order valence-corrected chi connectivity index (χ0v) is 23.2. The fraction of sp³-hybridized carbons (Fsp3) is 0.774. The summed E-state index contributed by atoms with van der Waals surface area (Å²) in [5, 5.41) is 14.7. The molecule has 0 spiro atoms. The molecule has 36 heavy (non-hydrogen) atoms. The van der Waals surface area contributed by atoms with E-state index in [0.29, 0.717) is 18.8 Å². The van der Waals surface area contributed by atoms with Crippen LogP contribution in [0.2, 0.25) is 0 Å². The molecule has 0 aromatic carbocycles. The highest BCUT2D eigenvalue weighted by atomic mass is 16.5. The van der Waals surface area contributed by atoms with Crippen molar-refractivity contribution in [3.63, 3.8) is 0 Å². The highest BCUT2D eigenvalue weighted by molar-refractivity contribution is 5.96. The Morgan fingerprint density at radius 2 is 1.72 bits per heavy atom. The molecule has 7 atom stereocenters. The van der Waals surface area contributed by atoms with Crippen LogP contribution in [0.1, 0.15) is 105 Å². The Bertz CT molecular complexity index is 1190. The van der Waals surface area contributed by atoms with E-state index in [1.54, 1.807) is 0 Å². The third kappa shape index (κ3) is 2.70. The van der Waals surface area contributed by atoms with Gasteiger partial charge >= 0.3 is 5.97 Å². The molecule has 0 aliphatic heterocycles. The van der Waals surface area contributed by atoms with E-state index in [1.165, 1.54) is 11.1 Å². The van der Waals surface area contributed by atoms with Gasteiger partial charge in [0.1, 0.15) is 5.76 Å². The van der Waals surface area contributed by atoms with Gasteiger partial charge in [-0.2, -0.15) is 0 Å². The van der Waals surface area contributed by atoms with Gasteiger partial charge in [0.15, 0.2) is 5.78 Å². The van der Waals surface area contributed by atoms with Gasteiger partial charge in [-0.1, -0.05) is 59.2 Å². The highest BCUT2D eigenvalue weighted by Gasteiger charge is 2.71. The number of hydrogen-bond donors (Lipinski definition) is 1. The summed E-state index contributed by atoms with van der Waals surface area (Å²) in [4.78, 5) is 27.2. The van der Waals surface area contributed by atoms with Crippen molar-refractivity contribution in [1.82, 2.24) is 5.16 Å². The van der Waals surface area contributed by atoms with E-state index < -0.39 is 11.4 Å². The number of allylic oxidation sites excluding steroid dienone is 2. The van der Waals surface area contributed by atoms with Crippen LogP contribution in [-0.2, 0) is 21.4 Å². The normalized spacial score (nSPS) is 46.4. The summed E-state index contributed by atoms with van der Waals surface area (Å²) in [6, 6.07) is 0. The first-order chi connectivity index (χ1) is 16.6. The molecule has 5 heteroatoms. The number of aliphatic carboxylic acids is 1. The molecule has 3 saturated carbocycles. The Hall–Kier alpha value is -1.91. The predicted octanol–water partition coefficient (Wildman–Crippen LogP) is 6.75.